The number of hydrogen-bond donors (Lipinski definition) is 0. The molecule has 0 radical (unpaired) electrons. The van der Waals surface area contributed by atoms with Crippen LogP contribution in [0.5, 0.6) is 0 Å². The summed E-state index contributed by atoms with van der Waals surface area (Å²) in [5.41, 5.74) is 1.78. The predicted octanol–water partition coefficient (Wildman–Crippen LogP) is 4.03. The Balaban J connectivity index is 1.77. The lowest BCUT2D eigenvalue weighted by Gasteiger charge is -2.26. The van der Waals surface area contributed by atoms with Crippen LogP contribution in [0, 0.1) is 5.41 Å². The molecule has 1 saturated carbocycles. The zero-order valence-electron chi connectivity index (χ0n) is 10.2. The smallest absolute Gasteiger partial charge is 0.133 e. The molecule has 2 heteroatoms. The fraction of sp³-hybridized carbons (Fsp3) is 0.533. The minimum Gasteiger partial charge on any atom is -0.300 e. The van der Waals surface area contributed by atoms with E-state index in [4.69, 9.17) is 0 Å². The molecule has 2 unspecified atom stereocenters. The first-order valence-corrected chi connectivity index (χ1v) is 7.38. The predicted molar refractivity (Wildman–Crippen MR) is 71.5 cm³/mol. The molecular formula is C15H18OS. The minimum atomic E-state index is 0.264. The van der Waals surface area contributed by atoms with Gasteiger partial charge in [0.25, 0.3) is 0 Å². The van der Waals surface area contributed by atoms with Crippen molar-refractivity contribution in [2.24, 2.45) is 5.41 Å². The van der Waals surface area contributed by atoms with Crippen molar-refractivity contribution in [2.45, 2.75) is 43.4 Å². The van der Waals surface area contributed by atoms with E-state index in [2.05, 4.69) is 31.2 Å². The average Bonchev–Trinajstić information content (AvgIpc) is 2.85. The number of ketones is 1. The number of carbonyl (C=O) groups is 1. The SMILES string of the molecule is CC1(CC2CSc3ccccc32)CCC(=O)C1. The van der Waals surface area contributed by atoms with Crippen LogP contribution in [0.15, 0.2) is 29.2 Å². The molecule has 17 heavy (non-hydrogen) atoms. The van der Waals surface area contributed by atoms with E-state index in [0.717, 1.165) is 19.3 Å². The van der Waals surface area contributed by atoms with Crippen LogP contribution in [-0.2, 0) is 4.79 Å². The van der Waals surface area contributed by atoms with Crippen LogP contribution in [0.25, 0.3) is 0 Å². The van der Waals surface area contributed by atoms with Crippen LogP contribution in [-0.4, -0.2) is 11.5 Å². The summed E-state index contributed by atoms with van der Waals surface area (Å²) in [6.07, 6.45) is 3.88. The monoisotopic (exact) mass is 246 g/mol. The Bertz CT molecular complexity index is 454. The maximum absolute atomic E-state index is 11.5. The first-order valence-electron chi connectivity index (χ1n) is 6.40. The number of Topliss-reactive ketones (excluding diaryl/α,β-unsaturated/α-hetero) is 1. The van der Waals surface area contributed by atoms with Crippen molar-refractivity contribution in [1.29, 1.82) is 0 Å². The highest BCUT2D eigenvalue weighted by Crippen LogP contribution is 2.49. The highest BCUT2D eigenvalue weighted by molar-refractivity contribution is 7.99. The third-order valence-corrected chi connectivity index (χ3v) is 5.42. The normalized spacial score (nSPS) is 31.8. The second kappa shape index (κ2) is 4.16. The second-order valence-corrected chi connectivity index (χ2v) is 6.84. The average molecular weight is 246 g/mol. The first-order chi connectivity index (χ1) is 8.16. The quantitative estimate of drug-likeness (QED) is 0.784. The van der Waals surface area contributed by atoms with Gasteiger partial charge in [0.05, 0.1) is 0 Å². The molecule has 1 aromatic rings. The summed E-state index contributed by atoms with van der Waals surface area (Å²) in [6, 6.07) is 8.75. The molecule has 0 bridgehead atoms. The largest absolute Gasteiger partial charge is 0.300 e. The van der Waals surface area contributed by atoms with Gasteiger partial charge in [-0.1, -0.05) is 25.1 Å². The van der Waals surface area contributed by atoms with Crippen molar-refractivity contribution in [1.82, 2.24) is 0 Å². The number of rotatable bonds is 2. The van der Waals surface area contributed by atoms with Crippen molar-refractivity contribution in [3.63, 3.8) is 0 Å². The third-order valence-electron chi connectivity index (χ3n) is 4.17. The van der Waals surface area contributed by atoms with Gasteiger partial charge >= 0.3 is 0 Å². The Morgan fingerprint density at radius 1 is 1.41 bits per heavy atom. The van der Waals surface area contributed by atoms with Crippen LogP contribution in [0.4, 0.5) is 0 Å². The number of thioether (sulfide) groups is 1. The summed E-state index contributed by atoms with van der Waals surface area (Å²) in [7, 11) is 0. The lowest BCUT2D eigenvalue weighted by molar-refractivity contribution is -0.118. The molecule has 0 amide bonds. The van der Waals surface area contributed by atoms with Crippen molar-refractivity contribution in [3.05, 3.63) is 29.8 Å². The maximum Gasteiger partial charge on any atom is 0.133 e. The fourth-order valence-electron chi connectivity index (χ4n) is 3.26. The number of fused-ring (bicyclic) bond motifs is 1. The fourth-order valence-corrected chi connectivity index (χ4v) is 4.52. The molecule has 1 aliphatic carbocycles. The summed E-state index contributed by atoms with van der Waals surface area (Å²) in [6.45, 7) is 2.30. The van der Waals surface area contributed by atoms with E-state index in [-0.39, 0.29) is 5.41 Å². The van der Waals surface area contributed by atoms with E-state index in [9.17, 15) is 4.79 Å². The van der Waals surface area contributed by atoms with Gasteiger partial charge < -0.3 is 0 Å². The Morgan fingerprint density at radius 3 is 3.00 bits per heavy atom. The van der Waals surface area contributed by atoms with E-state index >= 15 is 0 Å². The van der Waals surface area contributed by atoms with Crippen LogP contribution in [0.2, 0.25) is 0 Å². The molecule has 3 rings (SSSR count). The summed E-state index contributed by atoms with van der Waals surface area (Å²) in [5, 5.41) is 0. The van der Waals surface area contributed by atoms with Crippen LogP contribution >= 0.6 is 11.8 Å². The maximum atomic E-state index is 11.5. The van der Waals surface area contributed by atoms with Crippen LogP contribution < -0.4 is 0 Å². The molecule has 1 heterocycles. The third kappa shape index (κ3) is 2.15. The molecule has 0 aromatic heterocycles. The van der Waals surface area contributed by atoms with Gasteiger partial charge in [-0.05, 0) is 35.8 Å². The van der Waals surface area contributed by atoms with E-state index in [0.29, 0.717) is 11.7 Å². The first kappa shape index (κ1) is 11.3. The van der Waals surface area contributed by atoms with Gasteiger partial charge in [-0.25, -0.2) is 0 Å². The molecule has 90 valence electrons. The molecule has 1 nitrogen and oxygen atoms in total. The van der Waals surface area contributed by atoms with Crippen molar-refractivity contribution < 1.29 is 4.79 Å². The molecule has 1 aliphatic heterocycles. The molecule has 2 aliphatic rings. The van der Waals surface area contributed by atoms with Crippen molar-refractivity contribution >= 4 is 17.5 Å². The van der Waals surface area contributed by atoms with E-state index in [1.165, 1.54) is 22.6 Å². The lowest BCUT2D eigenvalue weighted by atomic mass is 9.78. The van der Waals surface area contributed by atoms with Gasteiger partial charge in [0.15, 0.2) is 0 Å². The topological polar surface area (TPSA) is 17.1 Å². The van der Waals surface area contributed by atoms with Crippen molar-refractivity contribution in [2.75, 3.05) is 5.75 Å². The zero-order chi connectivity index (χ0) is 11.9. The zero-order valence-corrected chi connectivity index (χ0v) is 11.1. The van der Waals surface area contributed by atoms with Gasteiger partial charge in [-0.3, -0.25) is 4.79 Å². The summed E-state index contributed by atoms with van der Waals surface area (Å²) < 4.78 is 0. The van der Waals surface area contributed by atoms with Crippen molar-refractivity contribution in [3.8, 4) is 0 Å². The van der Waals surface area contributed by atoms with Gasteiger partial charge in [-0.2, -0.15) is 0 Å². The minimum absolute atomic E-state index is 0.264. The van der Waals surface area contributed by atoms with Crippen LogP contribution in [0.3, 0.4) is 0 Å². The number of carbonyl (C=O) groups excluding carboxylic acids is 1. The van der Waals surface area contributed by atoms with E-state index in [1.54, 1.807) is 0 Å². The summed E-state index contributed by atoms with van der Waals surface area (Å²) in [4.78, 5) is 12.9. The Labute approximate surface area is 107 Å². The molecule has 1 aromatic carbocycles. The molecule has 0 spiro atoms. The standard InChI is InChI=1S/C15H18OS/c1-15(7-6-12(16)9-15)8-11-10-17-14-5-3-2-4-13(11)14/h2-5,11H,6-10H2,1H3. The van der Waals surface area contributed by atoms with E-state index < -0.39 is 0 Å². The Morgan fingerprint density at radius 2 is 2.24 bits per heavy atom. The Hall–Kier alpha value is -0.760. The second-order valence-electron chi connectivity index (χ2n) is 5.78. The van der Waals surface area contributed by atoms with Gasteiger partial charge in [0.2, 0.25) is 0 Å². The molecular weight excluding hydrogens is 228 g/mol. The lowest BCUT2D eigenvalue weighted by Crippen LogP contribution is -2.16. The number of benzene rings is 1. The van der Waals surface area contributed by atoms with Gasteiger partial charge in [-0.15, -0.1) is 11.8 Å². The van der Waals surface area contributed by atoms with Gasteiger partial charge in [0, 0.05) is 23.5 Å². The highest BCUT2D eigenvalue weighted by atomic mass is 32.2. The molecule has 1 fully saturated rings. The van der Waals surface area contributed by atoms with E-state index in [1.807, 2.05) is 11.8 Å². The summed E-state index contributed by atoms with van der Waals surface area (Å²) >= 11 is 1.97. The summed E-state index contributed by atoms with van der Waals surface area (Å²) in [5.74, 6) is 2.32. The molecule has 0 saturated heterocycles. The van der Waals surface area contributed by atoms with Gasteiger partial charge in [0.1, 0.15) is 5.78 Å². The molecule has 0 N–H and O–H groups in total. The van der Waals surface area contributed by atoms with Crippen LogP contribution in [0.1, 0.15) is 44.1 Å². The Kier molecular flexibility index (Phi) is 2.78. The molecule has 2 atom stereocenters. The number of hydrogen-bond acceptors (Lipinski definition) is 2. The highest BCUT2D eigenvalue weighted by Gasteiger charge is 2.37.